The van der Waals surface area contributed by atoms with Crippen LogP contribution in [0.4, 0.5) is 16.2 Å². The smallest absolute Gasteiger partial charge is 0.316 e. The molecule has 5 heteroatoms. The Bertz CT molecular complexity index is 611. The first-order valence-corrected chi connectivity index (χ1v) is 6.80. The summed E-state index contributed by atoms with van der Waals surface area (Å²) in [4.78, 5) is 10.9. The Morgan fingerprint density at radius 3 is 2.48 bits per heavy atom. The topological polar surface area (TPSA) is 87.4 Å². The normalized spacial score (nSPS) is 11.7. The largest absolute Gasteiger partial charge is 0.508 e. The van der Waals surface area contributed by atoms with Crippen molar-refractivity contribution in [1.29, 1.82) is 0 Å². The number of anilines is 2. The summed E-state index contributed by atoms with van der Waals surface area (Å²) in [5.41, 5.74) is 7.74. The molecule has 0 heterocycles. The minimum absolute atomic E-state index is 0.120. The Balaban J connectivity index is 2.14. The fourth-order valence-corrected chi connectivity index (χ4v) is 2.16. The third kappa shape index (κ3) is 4.14. The molecule has 2 amide bonds. The summed E-state index contributed by atoms with van der Waals surface area (Å²) in [6, 6.07) is 14.0. The molecule has 1 unspecified atom stereocenters. The van der Waals surface area contributed by atoms with Crippen molar-refractivity contribution < 1.29 is 9.90 Å². The van der Waals surface area contributed by atoms with Crippen LogP contribution in [0.15, 0.2) is 48.5 Å². The Hall–Kier alpha value is -2.69. The van der Waals surface area contributed by atoms with E-state index in [1.54, 1.807) is 18.2 Å². The van der Waals surface area contributed by atoms with E-state index < -0.39 is 6.03 Å². The third-order valence-corrected chi connectivity index (χ3v) is 3.17. The van der Waals surface area contributed by atoms with Crippen molar-refractivity contribution in [2.45, 2.75) is 19.4 Å². The highest BCUT2D eigenvalue weighted by atomic mass is 16.3. The molecule has 1 atom stereocenters. The summed E-state index contributed by atoms with van der Waals surface area (Å²) >= 11 is 0. The van der Waals surface area contributed by atoms with Crippen molar-refractivity contribution in [3.63, 3.8) is 0 Å². The first-order valence-electron chi connectivity index (χ1n) is 6.80. The molecule has 0 saturated carbocycles. The monoisotopic (exact) mass is 285 g/mol. The molecular weight excluding hydrogens is 266 g/mol. The lowest BCUT2D eigenvalue weighted by Gasteiger charge is -2.19. The number of amides is 2. The number of primary amides is 1. The Morgan fingerprint density at radius 2 is 1.86 bits per heavy atom. The average molecular weight is 285 g/mol. The maximum Gasteiger partial charge on any atom is 0.316 e. The fourth-order valence-electron chi connectivity index (χ4n) is 2.16. The van der Waals surface area contributed by atoms with Crippen LogP contribution in [-0.2, 0) is 0 Å². The van der Waals surface area contributed by atoms with Gasteiger partial charge in [-0.05, 0) is 42.3 Å². The van der Waals surface area contributed by atoms with E-state index in [2.05, 4.69) is 17.6 Å². The molecular formula is C16H19N3O2. The van der Waals surface area contributed by atoms with Crippen molar-refractivity contribution >= 4 is 17.4 Å². The first kappa shape index (κ1) is 14.7. The molecule has 0 saturated heterocycles. The Morgan fingerprint density at radius 1 is 1.19 bits per heavy atom. The van der Waals surface area contributed by atoms with Crippen LogP contribution in [0.3, 0.4) is 0 Å². The number of nitrogens with one attached hydrogen (secondary N) is 2. The molecule has 0 aliphatic rings. The molecule has 0 radical (unpaired) electrons. The van der Waals surface area contributed by atoms with Crippen LogP contribution in [0.25, 0.3) is 0 Å². The first-order chi connectivity index (χ1) is 10.1. The summed E-state index contributed by atoms with van der Waals surface area (Å²) in [7, 11) is 0. The highest BCUT2D eigenvalue weighted by Crippen LogP contribution is 2.25. The maximum absolute atomic E-state index is 10.9. The van der Waals surface area contributed by atoms with Gasteiger partial charge in [-0.1, -0.05) is 25.1 Å². The van der Waals surface area contributed by atoms with Gasteiger partial charge >= 0.3 is 6.03 Å². The number of carbonyl (C=O) groups is 1. The van der Waals surface area contributed by atoms with Crippen molar-refractivity contribution in [2.75, 3.05) is 10.6 Å². The third-order valence-electron chi connectivity index (χ3n) is 3.17. The van der Waals surface area contributed by atoms with Gasteiger partial charge in [-0.2, -0.15) is 0 Å². The van der Waals surface area contributed by atoms with Gasteiger partial charge in [0, 0.05) is 11.4 Å². The molecule has 110 valence electrons. The van der Waals surface area contributed by atoms with Gasteiger partial charge in [0.2, 0.25) is 0 Å². The van der Waals surface area contributed by atoms with Gasteiger partial charge in [-0.25, -0.2) is 4.79 Å². The molecule has 0 fully saturated rings. The van der Waals surface area contributed by atoms with Crippen molar-refractivity contribution in [3.05, 3.63) is 54.1 Å². The fraction of sp³-hybridized carbons (Fsp3) is 0.188. The molecule has 2 aromatic carbocycles. The number of phenolic OH excluding ortho intramolecular Hbond substituents is 1. The quantitative estimate of drug-likeness (QED) is 0.678. The van der Waals surface area contributed by atoms with Gasteiger partial charge in [0.1, 0.15) is 5.75 Å². The molecule has 5 N–H and O–H groups in total. The van der Waals surface area contributed by atoms with E-state index in [1.165, 1.54) is 0 Å². The second-order valence-electron chi connectivity index (χ2n) is 4.77. The molecule has 0 aromatic heterocycles. The van der Waals surface area contributed by atoms with Gasteiger partial charge in [-0.3, -0.25) is 0 Å². The molecule has 21 heavy (non-hydrogen) atoms. The number of rotatable bonds is 5. The van der Waals surface area contributed by atoms with E-state index in [1.807, 2.05) is 30.3 Å². The lowest BCUT2D eigenvalue weighted by Crippen LogP contribution is -2.19. The van der Waals surface area contributed by atoms with E-state index in [4.69, 9.17) is 5.73 Å². The van der Waals surface area contributed by atoms with Crippen LogP contribution in [-0.4, -0.2) is 11.1 Å². The molecule has 0 aliphatic heterocycles. The minimum atomic E-state index is -0.585. The summed E-state index contributed by atoms with van der Waals surface area (Å²) in [5, 5.41) is 15.3. The zero-order valence-corrected chi connectivity index (χ0v) is 11.8. The Kier molecular flexibility index (Phi) is 4.66. The average Bonchev–Trinajstić information content (AvgIpc) is 2.45. The van der Waals surface area contributed by atoms with E-state index in [0.717, 1.165) is 17.7 Å². The number of urea groups is 1. The van der Waals surface area contributed by atoms with Crippen LogP contribution >= 0.6 is 0 Å². The van der Waals surface area contributed by atoms with E-state index >= 15 is 0 Å². The lowest BCUT2D eigenvalue weighted by molar-refractivity contribution is 0.259. The second-order valence-corrected chi connectivity index (χ2v) is 4.77. The standard InChI is InChI=1S/C16H19N3O2/c1-2-15(11-6-8-14(20)9-7-11)18-12-4-3-5-13(10-12)19-16(17)21/h3-10,15,18,20H,2H2,1H3,(H3,17,19,21). The number of hydrogen-bond acceptors (Lipinski definition) is 3. The van der Waals surface area contributed by atoms with Crippen molar-refractivity contribution in [1.82, 2.24) is 0 Å². The van der Waals surface area contributed by atoms with Crippen LogP contribution < -0.4 is 16.4 Å². The molecule has 0 spiro atoms. The van der Waals surface area contributed by atoms with Gasteiger partial charge in [-0.15, -0.1) is 0 Å². The number of aromatic hydroxyl groups is 1. The van der Waals surface area contributed by atoms with Crippen LogP contribution in [0.2, 0.25) is 0 Å². The van der Waals surface area contributed by atoms with E-state index in [9.17, 15) is 9.90 Å². The predicted octanol–water partition coefficient (Wildman–Crippen LogP) is 3.45. The molecule has 2 rings (SSSR count). The number of hydrogen-bond donors (Lipinski definition) is 4. The molecule has 5 nitrogen and oxygen atoms in total. The van der Waals surface area contributed by atoms with Gasteiger partial charge in [0.05, 0.1) is 6.04 Å². The predicted molar refractivity (Wildman–Crippen MR) is 84.4 cm³/mol. The van der Waals surface area contributed by atoms with Crippen LogP contribution in [0, 0.1) is 0 Å². The highest BCUT2D eigenvalue weighted by Gasteiger charge is 2.09. The van der Waals surface area contributed by atoms with Crippen molar-refractivity contribution in [2.24, 2.45) is 5.73 Å². The lowest BCUT2D eigenvalue weighted by atomic mass is 10.0. The SMILES string of the molecule is CCC(Nc1cccc(NC(N)=O)c1)c1ccc(O)cc1. The molecule has 0 bridgehead atoms. The molecule has 2 aromatic rings. The van der Waals surface area contributed by atoms with E-state index in [-0.39, 0.29) is 11.8 Å². The van der Waals surface area contributed by atoms with Crippen molar-refractivity contribution in [3.8, 4) is 5.75 Å². The van der Waals surface area contributed by atoms with Gasteiger partial charge in [0.25, 0.3) is 0 Å². The summed E-state index contributed by atoms with van der Waals surface area (Å²) in [5.74, 6) is 0.251. The zero-order chi connectivity index (χ0) is 15.2. The minimum Gasteiger partial charge on any atom is -0.508 e. The van der Waals surface area contributed by atoms with E-state index in [0.29, 0.717) is 5.69 Å². The van der Waals surface area contributed by atoms with Crippen LogP contribution in [0.5, 0.6) is 5.75 Å². The summed E-state index contributed by atoms with van der Waals surface area (Å²) in [6.45, 7) is 2.08. The van der Waals surface area contributed by atoms with Crippen LogP contribution in [0.1, 0.15) is 24.9 Å². The highest BCUT2D eigenvalue weighted by molar-refractivity contribution is 5.88. The zero-order valence-electron chi connectivity index (χ0n) is 11.8. The number of benzene rings is 2. The van der Waals surface area contributed by atoms with Gasteiger partial charge in [0.15, 0.2) is 0 Å². The second kappa shape index (κ2) is 6.65. The number of nitrogens with two attached hydrogens (primary N) is 1. The number of carbonyl (C=O) groups excluding carboxylic acids is 1. The number of phenols is 1. The maximum atomic E-state index is 10.9. The summed E-state index contributed by atoms with van der Waals surface area (Å²) in [6.07, 6.45) is 0.887. The Labute approximate surface area is 123 Å². The molecule has 0 aliphatic carbocycles. The summed E-state index contributed by atoms with van der Waals surface area (Å²) < 4.78 is 0. The van der Waals surface area contributed by atoms with Gasteiger partial charge < -0.3 is 21.5 Å².